The second-order valence-corrected chi connectivity index (χ2v) is 6.82. The lowest BCUT2D eigenvalue weighted by molar-refractivity contribution is -0.485. The number of hydrazone groups is 1. The number of rotatable bonds is 5. The van der Waals surface area contributed by atoms with E-state index in [0.29, 0.717) is 24.5 Å². The number of carbonyl (C=O) groups excluding carboxylic acids is 1. The van der Waals surface area contributed by atoms with Gasteiger partial charge in [0.1, 0.15) is 17.0 Å². The van der Waals surface area contributed by atoms with Crippen LogP contribution in [0.2, 0.25) is 0 Å². The zero-order valence-electron chi connectivity index (χ0n) is 15.7. The summed E-state index contributed by atoms with van der Waals surface area (Å²) in [6.45, 7) is 1.24. The number of cyclic esters (lactones) is 1. The van der Waals surface area contributed by atoms with Gasteiger partial charge >= 0.3 is 6.09 Å². The number of ether oxygens (including phenoxy) is 1. The number of nitrogens with two attached hydrogens (primary N) is 1. The predicted octanol–water partition coefficient (Wildman–Crippen LogP) is 1.16. The highest BCUT2D eigenvalue weighted by molar-refractivity contribution is 5.90. The molecule has 0 spiro atoms. The van der Waals surface area contributed by atoms with Gasteiger partial charge in [0.05, 0.1) is 36.7 Å². The zero-order valence-corrected chi connectivity index (χ0v) is 15.7. The number of carbonyl (C=O) groups is 1. The lowest BCUT2D eigenvalue weighted by atomic mass is 10.2. The van der Waals surface area contributed by atoms with Gasteiger partial charge in [-0.25, -0.2) is 19.3 Å². The van der Waals surface area contributed by atoms with Gasteiger partial charge < -0.3 is 20.7 Å². The molecule has 2 aromatic rings. The van der Waals surface area contributed by atoms with Gasteiger partial charge in [-0.05, 0) is 29.8 Å². The summed E-state index contributed by atoms with van der Waals surface area (Å²) in [5.41, 5.74) is 8.09. The first-order valence-electron chi connectivity index (χ1n) is 9.08. The van der Waals surface area contributed by atoms with Crippen LogP contribution in [0.3, 0.4) is 0 Å². The molecule has 1 fully saturated rings. The summed E-state index contributed by atoms with van der Waals surface area (Å²) < 4.78 is 20.0. The molecular weight excluding hydrogens is 397 g/mol. The Balaban J connectivity index is 1.42. The maximum Gasteiger partial charge on any atom is 0.414 e. The summed E-state index contributed by atoms with van der Waals surface area (Å²) in [5.74, 6) is -0.858. The van der Waals surface area contributed by atoms with Gasteiger partial charge in [-0.15, -0.1) is 0 Å². The minimum absolute atomic E-state index is 0.0328. The number of fused-ring (bicyclic) bond motifs is 1. The van der Waals surface area contributed by atoms with Crippen LogP contribution in [0.1, 0.15) is 11.3 Å². The number of pyridine rings is 1. The predicted molar refractivity (Wildman–Crippen MR) is 105 cm³/mol. The number of aromatic nitrogens is 1. The number of nitro groups is 1. The van der Waals surface area contributed by atoms with E-state index in [1.807, 2.05) is 17.0 Å². The molecule has 4 rings (SSSR count). The highest BCUT2D eigenvalue weighted by Crippen LogP contribution is 2.32. The Kier molecular flexibility index (Phi) is 5.04. The first-order valence-corrected chi connectivity index (χ1v) is 9.08. The van der Waals surface area contributed by atoms with Crippen molar-refractivity contribution in [3.8, 4) is 0 Å². The number of amides is 1. The van der Waals surface area contributed by atoms with Crippen LogP contribution in [-0.4, -0.2) is 41.3 Å². The van der Waals surface area contributed by atoms with E-state index in [1.54, 1.807) is 18.3 Å². The lowest BCUT2D eigenvalue weighted by Gasteiger charge is -2.20. The van der Waals surface area contributed by atoms with Crippen LogP contribution in [0.4, 0.5) is 20.6 Å². The van der Waals surface area contributed by atoms with Crippen LogP contribution in [0.5, 0.6) is 0 Å². The molecule has 156 valence electrons. The summed E-state index contributed by atoms with van der Waals surface area (Å²) in [6, 6.07) is 8.37. The van der Waals surface area contributed by atoms with Crippen LogP contribution in [-0.2, 0) is 17.8 Å². The van der Waals surface area contributed by atoms with Gasteiger partial charge in [0.25, 0.3) is 5.96 Å². The molecule has 0 saturated carbocycles. The second kappa shape index (κ2) is 7.81. The molecule has 11 nitrogen and oxygen atoms in total. The molecule has 1 atom stereocenters. The summed E-state index contributed by atoms with van der Waals surface area (Å²) >= 11 is 0. The molecule has 0 unspecified atom stereocenters. The average molecular weight is 415 g/mol. The minimum Gasteiger partial charge on any atom is -0.442 e. The van der Waals surface area contributed by atoms with Crippen molar-refractivity contribution < 1.29 is 19.0 Å². The highest BCUT2D eigenvalue weighted by Gasteiger charge is 2.33. The third-order valence-corrected chi connectivity index (χ3v) is 4.84. The van der Waals surface area contributed by atoms with E-state index in [4.69, 9.17) is 10.5 Å². The Bertz CT molecular complexity index is 1010. The molecule has 12 heteroatoms. The summed E-state index contributed by atoms with van der Waals surface area (Å²) in [6.07, 6.45) is 0.444. The Morgan fingerprint density at radius 1 is 1.43 bits per heavy atom. The molecule has 2 aliphatic rings. The van der Waals surface area contributed by atoms with Gasteiger partial charge in [0.2, 0.25) is 0 Å². The van der Waals surface area contributed by atoms with Gasteiger partial charge in [0, 0.05) is 12.7 Å². The molecule has 30 heavy (non-hydrogen) atoms. The van der Waals surface area contributed by atoms with E-state index in [-0.39, 0.29) is 13.1 Å². The average Bonchev–Trinajstić information content (AvgIpc) is 3.29. The topological polar surface area (TPSA) is 139 Å². The van der Waals surface area contributed by atoms with Crippen molar-refractivity contribution in [2.75, 3.05) is 22.9 Å². The molecule has 1 amide bonds. The van der Waals surface area contributed by atoms with Crippen molar-refractivity contribution >= 4 is 23.4 Å². The number of benzene rings is 1. The minimum atomic E-state index is -0.936. The third kappa shape index (κ3) is 3.92. The SMILES string of the molecule is N/C(=N\[N+](=O)[O-])NC[C@H]1CN(c2ccc(N3Cc4cccnc4C3)c(F)c2)C(=O)O1. The monoisotopic (exact) mass is 415 g/mol. The molecular formula is C18H18FN7O4. The Morgan fingerprint density at radius 3 is 3.00 bits per heavy atom. The van der Waals surface area contributed by atoms with Crippen LogP contribution in [0.15, 0.2) is 41.6 Å². The van der Waals surface area contributed by atoms with E-state index in [9.17, 15) is 19.3 Å². The number of guanidine groups is 1. The molecule has 1 saturated heterocycles. The van der Waals surface area contributed by atoms with Gasteiger partial charge in [-0.1, -0.05) is 6.07 Å². The molecule has 3 heterocycles. The number of anilines is 2. The van der Waals surface area contributed by atoms with Gasteiger partial charge in [-0.3, -0.25) is 9.88 Å². The van der Waals surface area contributed by atoms with E-state index in [2.05, 4.69) is 15.4 Å². The molecule has 2 aliphatic heterocycles. The Labute approximate surface area is 170 Å². The molecule has 0 aliphatic carbocycles. The van der Waals surface area contributed by atoms with Crippen LogP contribution < -0.4 is 20.9 Å². The van der Waals surface area contributed by atoms with Crippen LogP contribution >= 0.6 is 0 Å². The van der Waals surface area contributed by atoms with E-state index in [1.165, 1.54) is 11.0 Å². The van der Waals surface area contributed by atoms with Crippen molar-refractivity contribution in [1.29, 1.82) is 0 Å². The molecule has 1 aromatic carbocycles. The maximum atomic E-state index is 14.8. The maximum absolute atomic E-state index is 14.8. The zero-order chi connectivity index (χ0) is 21.3. The van der Waals surface area contributed by atoms with Crippen molar-refractivity contribution in [2.45, 2.75) is 19.2 Å². The third-order valence-electron chi connectivity index (χ3n) is 4.84. The first kappa shape index (κ1) is 19.4. The second-order valence-electron chi connectivity index (χ2n) is 6.82. The number of nitrogens with one attached hydrogen (secondary N) is 1. The number of nitrogens with zero attached hydrogens (tertiary/aromatic N) is 5. The lowest BCUT2D eigenvalue weighted by Crippen LogP contribution is -2.39. The van der Waals surface area contributed by atoms with E-state index >= 15 is 0 Å². The summed E-state index contributed by atoms with van der Waals surface area (Å²) in [7, 11) is 0. The van der Waals surface area contributed by atoms with E-state index < -0.39 is 29.0 Å². The largest absolute Gasteiger partial charge is 0.442 e. The van der Waals surface area contributed by atoms with E-state index in [0.717, 1.165) is 11.3 Å². The van der Waals surface area contributed by atoms with Crippen LogP contribution in [0.25, 0.3) is 0 Å². The Hall–Kier alpha value is -3.96. The summed E-state index contributed by atoms with van der Waals surface area (Å²) in [5, 5.41) is 14.8. The van der Waals surface area contributed by atoms with Gasteiger partial charge in [-0.2, -0.15) is 0 Å². The smallest absolute Gasteiger partial charge is 0.414 e. The highest BCUT2D eigenvalue weighted by atomic mass is 19.1. The van der Waals surface area contributed by atoms with Crippen molar-refractivity contribution in [3.63, 3.8) is 0 Å². The van der Waals surface area contributed by atoms with Gasteiger partial charge in [0.15, 0.2) is 5.03 Å². The molecule has 0 bridgehead atoms. The molecule has 1 aromatic heterocycles. The number of halogens is 1. The normalized spacial score (nSPS) is 18.4. The van der Waals surface area contributed by atoms with Crippen molar-refractivity contribution in [2.24, 2.45) is 10.8 Å². The number of hydrogen-bond acceptors (Lipinski definition) is 6. The molecule has 3 N–H and O–H groups in total. The quantitative estimate of drug-likeness (QED) is 0.321. The van der Waals surface area contributed by atoms with Crippen molar-refractivity contribution in [1.82, 2.24) is 10.3 Å². The van der Waals surface area contributed by atoms with Crippen LogP contribution in [0, 0.1) is 15.9 Å². The molecule has 0 radical (unpaired) electrons. The fourth-order valence-electron chi connectivity index (χ4n) is 3.47. The first-order chi connectivity index (χ1) is 14.4. The fraction of sp³-hybridized carbons (Fsp3) is 0.278. The standard InChI is InChI=1S/C18H18FN7O4/c19-14-6-12(3-4-16(14)24-8-11-2-1-5-21-15(11)10-24)25-9-13(30-18(25)27)7-22-17(20)23-26(28)29/h1-6,13H,7-10H2,(H3,20,22,23)/t13-/m0/s1. The van der Waals surface area contributed by atoms with Crippen molar-refractivity contribution in [3.05, 3.63) is 63.7 Å². The Morgan fingerprint density at radius 2 is 2.27 bits per heavy atom. The number of hydrogen-bond donors (Lipinski definition) is 2. The summed E-state index contributed by atoms with van der Waals surface area (Å²) in [4.78, 5) is 29.9. The fourth-order valence-corrected chi connectivity index (χ4v) is 3.47.